The molecule has 0 radical (unpaired) electrons. The van der Waals surface area contributed by atoms with E-state index in [0.717, 1.165) is 10.8 Å². The van der Waals surface area contributed by atoms with Crippen molar-refractivity contribution in [2.45, 2.75) is 17.7 Å². The van der Waals surface area contributed by atoms with Gasteiger partial charge in [-0.15, -0.1) is 12.4 Å². The molecule has 0 aromatic heterocycles. The number of carbonyl (C=O) groups excluding carboxylic acids is 2. The van der Waals surface area contributed by atoms with E-state index in [-0.39, 0.29) is 48.8 Å². The molecule has 1 saturated carbocycles. The van der Waals surface area contributed by atoms with Crippen molar-refractivity contribution in [1.29, 1.82) is 0 Å². The summed E-state index contributed by atoms with van der Waals surface area (Å²) in [6, 6.07) is 6.09. The quantitative estimate of drug-likeness (QED) is 0.602. The average Bonchev–Trinajstić information content (AvgIpc) is 3.39. The summed E-state index contributed by atoms with van der Waals surface area (Å²) >= 11 is 0. The minimum absolute atomic E-state index is 0. The Balaban J connectivity index is 0.00000243. The number of sulfonamides is 1. The van der Waals surface area contributed by atoms with Crippen LogP contribution in [0.1, 0.15) is 12.8 Å². The Morgan fingerprint density at radius 1 is 1.31 bits per heavy atom. The smallest absolute Gasteiger partial charge is 0.243 e. The van der Waals surface area contributed by atoms with Crippen LogP contribution in [0.4, 0.5) is 5.69 Å². The minimum Gasteiger partial charge on any atom is -0.354 e. The van der Waals surface area contributed by atoms with E-state index < -0.39 is 10.0 Å². The van der Waals surface area contributed by atoms with Gasteiger partial charge in [-0.2, -0.15) is 4.31 Å². The molecule has 1 aliphatic carbocycles. The van der Waals surface area contributed by atoms with E-state index in [1.54, 1.807) is 12.1 Å². The van der Waals surface area contributed by atoms with E-state index in [1.807, 2.05) is 0 Å². The highest BCUT2D eigenvalue weighted by molar-refractivity contribution is 7.89. The molecule has 0 bridgehead atoms. The van der Waals surface area contributed by atoms with Crippen molar-refractivity contribution in [2.75, 3.05) is 38.0 Å². The summed E-state index contributed by atoms with van der Waals surface area (Å²) in [5.41, 5.74) is 0.417. The van der Waals surface area contributed by atoms with Gasteiger partial charge in [0, 0.05) is 18.8 Å². The van der Waals surface area contributed by atoms with Crippen LogP contribution in [0, 0.1) is 5.92 Å². The lowest BCUT2D eigenvalue weighted by atomic mass is 10.3. The van der Waals surface area contributed by atoms with Gasteiger partial charge in [-0.05, 0) is 43.5 Å². The van der Waals surface area contributed by atoms with Crippen LogP contribution in [-0.2, 0) is 19.6 Å². The molecule has 26 heavy (non-hydrogen) atoms. The zero-order valence-electron chi connectivity index (χ0n) is 14.2. The minimum atomic E-state index is -3.77. The van der Waals surface area contributed by atoms with Gasteiger partial charge in [0.15, 0.2) is 0 Å². The Kier molecular flexibility index (Phi) is 6.99. The molecule has 0 atom stereocenters. The highest BCUT2D eigenvalue weighted by Gasteiger charge is 2.29. The number of piperazine rings is 1. The van der Waals surface area contributed by atoms with Crippen LogP contribution in [0.3, 0.4) is 0 Å². The van der Waals surface area contributed by atoms with Crippen LogP contribution in [0.25, 0.3) is 0 Å². The van der Waals surface area contributed by atoms with Gasteiger partial charge in [0.05, 0.1) is 18.0 Å². The predicted molar refractivity (Wildman–Crippen MR) is 99.7 cm³/mol. The number of halogens is 1. The highest BCUT2D eigenvalue weighted by atomic mass is 35.5. The molecule has 1 heterocycles. The van der Waals surface area contributed by atoms with Crippen LogP contribution >= 0.6 is 12.4 Å². The number of carbonyl (C=O) groups is 2. The first kappa shape index (κ1) is 20.6. The second-order valence-corrected chi connectivity index (χ2v) is 8.28. The maximum atomic E-state index is 12.6. The molecule has 8 nitrogen and oxygen atoms in total. The molecule has 1 aromatic rings. The van der Waals surface area contributed by atoms with Crippen molar-refractivity contribution < 1.29 is 18.0 Å². The largest absolute Gasteiger partial charge is 0.354 e. The lowest BCUT2D eigenvalue weighted by Crippen LogP contribution is -2.49. The molecule has 3 N–H and O–H groups in total. The standard InChI is InChI=1S/C16H22N4O4S.ClH/c21-15(10-17-9-12-4-5-12)19-13-2-1-3-14(8-13)25(23,24)20-7-6-18-16(22)11-20;/h1-3,8,12,17H,4-7,9-11H2,(H,18,22)(H,19,21);1H. The fourth-order valence-corrected chi connectivity index (χ4v) is 4.06. The number of hydrogen-bond acceptors (Lipinski definition) is 5. The fraction of sp³-hybridized carbons (Fsp3) is 0.500. The average molecular weight is 403 g/mol. The zero-order chi connectivity index (χ0) is 17.9. The summed E-state index contributed by atoms with van der Waals surface area (Å²) in [6.45, 7) is 1.36. The van der Waals surface area contributed by atoms with E-state index in [0.29, 0.717) is 18.2 Å². The first-order valence-corrected chi connectivity index (χ1v) is 9.76. The number of anilines is 1. The van der Waals surface area contributed by atoms with Gasteiger partial charge in [0.2, 0.25) is 21.8 Å². The summed E-state index contributed by atoms with van der Waals surface area (Å²) in [5.74, 6) is 0.150. The van der Waals surface area contributed by atoms with Gasteiger partial charge >= 0.3 is 0 Å². The molecule has 0 unspecified atom stereocenters. The molecule has 2 fully saturated rings. The molecular formula is C16H23ClN4O4S. The highest BCUT2D eigenvalue weighted by Crippen LogP contribution is 2.27. The number of rotatable bonds is 7. The third-order valence-electron chi connectivity index (χ3n) is 4.17. The lowest BCUT2D eigenvalue weighted by Gasteiger charge is -2.26. The molecule has 144 valence electrons. The van der Waals surface area contributed by atoms with Crippen molar-refractivity contribution in [3.63, 3.8) is 0 Å². The van der Waals surface area contributed by atoms with Crippen LogP contribution in [0.15, 0.2) is 29.2 Å². The summed E-state index contributed by atoms with van der Waals surface area (Å²) < 4.78 is 26.4. The van der Waals surface area contributed by atoms with Crippen molar-refractivity contribution in [1.82, 2.24) is 14.9 Å². The third kappa shape index (κ3) is 5.41. The first-order valence-electron chi connectivity index (χ1n) is 8.32. The van der Waals surface area contributed by atoms with Gasteiger partial charge in [-0.25, -0.2) is 8.42 Å². The molecule has 1 aromatic carbocycles. The normalized spacial score (nSPS) is 17.9. The second-order valence-electron chi connectivity index (χ2n) is 6.34. The molecule has 1 saturated heterocycles. The van der Waals surface area contributed by atoms with Gasteiger partial charge in [0.25, 0.3) is 0 Å². The molecule has 10 heteroatoms. The maximum Gasteiger partial charge on any atom is 0.243 e. The van der Waals surface area contributed by atoms with E-state index in [2.05, 4.69) is 16.0 Å². The summed E-state index contributed by atoms with van der Waals surface area (Å²) in [4.78, 5) is 23.4. The van der Waals surface area contributed by atoms with Crippen LogP contribution in [0.2, 0.25) is 0 Å². The van der Waals surface area contributed by atoms with Crippen molar-refractivity contribution in [3.8, 4) is 0 Å². The second kappa shape index (κ2) is 8.81. The Morgan fingerprint density at radius 2 is 2.08 bits per heavy atom. The molecule has 3 rings (SSSR count). The molecule has 0 spiro atoms. The maximum absolute atomic E-state index is 12.6. The van der Waals surface area contributed by atoms with Crippen LogP contribution in [-0.4, -0.2) is 57.3 Å². The van der Waals surface area contributed by atoms with Gasteiger partial charge in [-0.1, -0.05) is 6.07 Å². The summed E-state index contributed by atoms with van der Waals surface area (Å²) in [7, 11) is -3.77. The summed E-state index contributed by atoms with van der Waals surface area (Å²) in [6.07, 6.45) is 2.42. The first-order chi connectivity index (χ1) is 11.9. The van der Waals surface area contributed by atoms with Crippen molar-refractivity contribution >= 4 is 39.9 Å². The Bertz CT molecular complexity index is 767. The van der Waals surface area contributed by atoms with E-state index >= 15 is 0 Å². The summed E-state index contributed by atoms with van der Waals surface area (Å²) in [5, 5.41) is 8.38. The predicted octanol–water partition coefficient (Wildman–Crippen LogP) is 0.167. The van der Waals surface area contributed by atoms with Crippen molar-refractivity contribution in [2.24, 2.45) is 5.92 Å². The number of nitrogens with one attached hydrogen (secondary N) is 3. The third-order valence-corrected chi connectivity index (χ3v) is 6.02. The van der Waals surface area contributed by atoms with Gasteiger partial charge in [0.1, 0.15) is 0 Å². The van der Waals surface area contributed by atoms with Crippen LogP contribution < -0.4 is 16.0 Å². The van der Waals surface area contributed by atoms with Crippen molar-refractivity contribution in [3.05, 3.63) is 24.3 Å². The van der Waals surface area contributed by atoms with Gasteiger partial charge < -0.3 is 16.0 Å². The Hall–Kier alpha value is -1.68. The Morgan fingerprint density at radius 3 is 2.77 bits per heavy atom. The number of nitrogens with zero attached hydrogens (tertiary/aromatic N) is 1. The number of amides is 2. The number of benzene rings is 1. The van der Waals surface area contributed by atoms with E-state index in [4.69, 9.17) is 0 Å². The zero-order valence-corrected chi connectivity index (χ0v) is 15.9. The van der Waals surface area contributed by atoms with Crippen LogP contribution in [0.5, 0.6) is 0 Å². The fourth-order valence-electron chi connectivity index (χ4n) is 2.62. The molecular weight excluding hydrogens is 380 g/mol. The van der Waals surface area contributed by atoms with E-state index in [9.17, 15) is 18.0 Å². The van der Waals surface area contributed by atoms with Gasteiger partial charge in [-0.3, -0.25) is 9.59 Å². The molecule has 2 amide bonds. The monoisotopic (exact) mass is 402 g/mol. The topological polar surface area (TPSA) is 108 Å². The SMILES string of the molecule is Cl.O=C1CN(S(=O)(=O)c2cccc(NC(=O)CNCC3CC3)c2)CCN1. The molecule has 1 aliphatic heterocycles. The molecule has 2 aliphatic rings. The number of hydrogen-bond donors (Lipinski definition) is 3. The lowest BCUT2D eigenvalue weighted by molar-refractivity contribution is -0.122. The van der Waals surface area contributed by atoms with E-state index in [1.165, 1.54) is 25.0 Å². The Labute approximate surface area is 159 Å².